The standard InChI is InChI=1S/C16H25NO3S/c1-16(2,21(4,18)19)11-17-15-7-5-6-12-10-13(20-3)8-9-14(12)15/h8-10,15,17H,5-7,11H2,1-4H3. The number of rotatable bonds is 5. The molecule has 1 aromatic rings. The molecule has 0 amide bonds. The zero-order chi connectivity index (χ0) is 15.7. The van der Waals surface area contributed by atoms with Gasteiger partial charge in [0, 0.05) is 18.8 Å². The summed E-state index contributed by atoms with van der Waals surface area (Å²) >= 11 is 0. The Balaban J connectivity index is 2.14. The third-order valence-corrected chi connectivity index (χ3v) is 6.59. The van der Waals surface area contributed by atoms with E-state index >= 15 is 0 Å². The highest BCUT2D eigenvalue weighted by Crippen LogP contribution is 2.32. The van der Waals surface area contributed by atoms with Crippen molar-refractivity contribution in [1.82, 2.24) is 5.32 Å². The number of sulfone groups is 1. The van der Waals surface area contributed by atoms with E-state index in [4.69, 9.17) is 4.74 Å². The van der Waals surface area contributed by atoms with Crippen LogP contribution in [0.5, 0.6) is 5.75 Å². The van der Waals surface area contributed by atoms with Gasteiger partial charge in [-0.05, 0) is 56.4 Å². The molecular weight excluding hydrogens is 286 g/mol. The smallest absolute Gasteiger partial charge is 0.153 e. The van der Waals surface area contributed by atoms with Crippen LogP contribution in [-0.4, -0.2) is 33.1 Å². The third-order valence-electron chi connectivity index (χ3n) is 4.44. The summed E-state index contributed by atoms with van der Waals surface area (Å²) in [5.41, 5.74) is 2.57. The van der Waals surface area contributed by atoms with Gasteiger partial charge in [-0.3, -0.25) is 0 Å². The van der Waals surface area contributed by atoms with Gasteiger partial charge in [0.25, 0.3) is 0 Å². The maximum absolute atomic E-state index is 11.8. The van der Waals surface area contributed by atoms with Crippen molar-refractivity contribution in [3.63, 3.8) is 0 Å². The van der Waals surface area contributed by atoms with Crippen LogP contribution in [-0.2, 0) is 16.3 Å². The Kier molecular flexibility index (Phi) is 4.63. The normalized spacial score (nSPS) is 19.1. The van der Waals surface area contributed by atoms with Crippen LogP contribution in [0, 0.1) is 0 Å². The largest absolute Gasteiger partial charge is 0.497 e. The van der Waals surface area contributed by atoms with E-state index in [1.165, 1.54) is 17.4 Å². The molecule has 118 valence electrons. The SMILES string of the molecule is COc1ccc2c(c1)CCCC2NCC(C)(C)S(C)(=O)=O. The molecule has 0 fully saturated rings. The minimum Gasteiger partial charge on any atom is -0.497 e. The van der Waals surface area contributed by atoms with Crippen molar-refractivity contribution in [2.24, 2.45) is 0 Å². The predicted molar refractivity (Wildman–Crippen MR) is 85.6 cm³/mol. The summed E-state index contributed by atoms with van der Waals surface area (Å²) in [5, 5.41) is 3.44. The highest BCUT2D eigenvalue weighted by atomic mass is 32.2. The molecule has 1 atom stereocenters. The van der Waals surface area contributed by atoms with E-state index in [0.29, 0.717) is 6.54 Å². The Hall–Kier alpha value is -1.07. The fourth-order valence-electron chi connectivity index (χ4n) is 2.63. The highest BCUT2D eigenvalue weighted by Gasteiger charge is 2.31. The van der Waals surface area contributed by atoms with Crippen molar-refractivity contribution in [3.8, 4) is 5.75 Å². The Morgan fingerprint density at radius 3 is 2.71 bits per heavy atom. The molecule has 2 rings (SSSR count). The Morgan fingerprint density at radius 1 is 1.38 bits per heavy atom. The average Bonchev–Trinajstić information content (AvgIpc) is 2.43. The molecule has 0 spiro atoms. The number of hydrogen-bond donors (Lipinski definition) is 1. The zero-order valence-electron chi connectivity index (χ0n) is 13.3. The van der Waals surface area contributed by atoms with E-state index in [1.54, 1.807) is 21.0 Å². The van der Waals surface area contributed by atoms with Gasteiger partial charge in [0.2, 0.25) is 0 Å². The van der Waals surface area contributed by atoms with Crippen molar-refractivity contribution >= 4 is 9.84 Å². The van der Waals surface area contributed by atoms with E-state index in [1.807, 2.05) is 6.07 Å². The molecule has 0 aromatic heterocycles. The Morgan fingerprint density at radius 2 is 2.10 bits per heavy atom. The average molecular weight is 311 g/mol. The molecule has 1 aliphatic carbocycles. The van der Waals surface area contributed by atoms with Crippen LogP contribution in [0.1, 0.15) is 43.9 Å². The number of aryl methyl sites for hydroxylation is 1. The van der Waals surface area contributed by atoms with Crippen LogP contribution in [0.3, 0.4) is 0 Å². The molecule has 21 heavy (non-hydrogen) atoms. The second kappa shape index (κ2) is 5.97. The second-order valence-corrected chi connectivity index (χ2v) is 9.07. The predicted octanol–water partition coefficient (Wildman–Crippen LogP) is 2.49. The Labute approximate surface area is 127 Å². The van der Waals surface area contributed by atoms with Crippen LogP contribution in [0.25, 0.3) is 0 Å². The van der Waals surface area contributed by atoms with Crippen molar-refractivity contribution in [2.45, 2.75) is 43.9 Å². The summed E-state index contributed by atoms with van der Waals surface area (Å²) in [6.45, 7) is 4.00. The van der Waals surface area contributed by atoms with Crippen LogP contribution in [0.15, 0.2) is 18.2 Å². The van der Waals surface area contributed by atoms with Gasteiger partial charge >= 0.3 is 0 Å². The number of benzene rings is 1. The van der Waals surface area contributed by atoms with Crippen LogP contribution < -0.4 is 10.1 Å². The summed E-state index contributed by atoms with van der Waals surface area (Å²) in [6, 6.07) is 6.38. The van der Waals surface area contributed by atoms with Gasteiger partial charge in [0.15, 0.2) is 9.84 Å². The number of ether oxygens (including phenoxy) is 1. The first kappa shape index (κ1) is 16.3. The molecule has 0 bridgehead atoms. The lowest BCUT2D eigenvalue weighted by Gasteiger charge is -2.31. The number of methoxy groups -OCH3 is 1. The molecule has 0 saturated carbocycles. The third kappa shape index (κ3) is 3.58. The molecule has 0 radical (unpaired) electrons. The molecule has 4 nitrogen and oxygen atoms in total. The van der Waals surface area contributed by atoms with Gasteiger partial charge in [0.1, 0.15) is 5.75 Å². The van der Waals surface area contributed by atoms with E-state index in [2.05, 4.69) is 17.4 Å². The van der Waals surface area contributed by atoms with Crippen LogP contribution >= 0.6 is 0 Å². The van der Waals surface area contributed by atoms with E-state index < -0.39 is 14.6 Å². The summed E-state index contributed by atoms with van der Waals surface area (Å²) in [7, 11) is -1.40. The molecule has 1 aliphatic rings. The number of nitrogens with one attached hydrogen (secondary N) is 1. The minimum atomic E-state index is -3.07. The lowest BCUT2D eigenvalue weighted by atomic mass is 9.87. The van der Waals surface area contributed by atoms with E-state index in [0.717, 1.165) is 25.0 Å². The number of fused-ring (bicyclic) bond motifs is 1. The molecule has 5 heteroatoms. The van der Waals surface area contributed by atoms with E-state index in [-0.39, 0.29) is 6.04 Å². The van der Waals surface area contributed by atoms with Crippen molar-refractivity contribution < 1.29 is 13.2 Å². The first-order chi connectivity index (χ1) is 9.74. The topological polar surface area (TPSA) is 55.4 Å². The second-order valence-electron chi connectivity index (χ2n) is 6.42. The van der Waals surface area contributed by atoms with Gasteiger partial charge < -0.3 is 10.1 Å². The van der Waals surface area contributed by atoms with Crippen molar-refractivity contribution in [2.75, 3.05) is 19.9 Å². The minimum absolute atomic E-state index is 0.223. The molecule has 0 saturated heterocycles. The van der Waals surface area contributed by atoms with Gasteiger partial charge in [0.05, 0.1) is 11.9 Å². The van der Waals surface area contributed by atoms with Crippen molar-refractivity contribution in [3.05, 3.63) is 29.3 Å². The van der Waals surface area contributed by atoms with Gasteiger partial charge in [-0.1, -0.05) is 6.07 Å². The molecule has 1 unspecified atom stereocenters. The van der Waals surface area contributed by atoms with Gasteiger partial charge in [-0.15, -0.1) is 0 Å². The van der Waals surface area contributed by atoms with E-state index in [9.17, 15) is 8.42 Å². The fraction of sp³-hybridized carbons (Fsp3) is 0.625. The summed E-state index contributed by atoms with van der Waals surface area (Å²) in [4.78, 5) is 0. The maximum Gasteiger partial charge on any atom is 0.153 e. The monoisotopic (exact) mass is 311 g/mol. The van der Waals surface area contributed by atoms with Gasteiger partial charge in [-0.2, -0.15) is 0 Å². The lowest BCUT2D eigenvalue weighted by Crippen LogP contribution is -2.43. The summed E-state index contributed by atoms with van der Waals surface area (Å²) in [6.07, 6.45) is 4.50. The molecular formula is C16H25NO3S. The van der Waals surface area contributed by atoms with Crippen LogP contribution in [0.2, 0.25) is 0 Å². The molecule has 0 aliphatic heterocycles. The fourth-order valence-corrected chi connectivity index (χ4v) is 2.98. The first-order valence-electron chi connectivity index (χ1n) is 7.34. The van der Waals surface area contributed by atoms with Crippen molar-refractivity contribution in [1.29, 1.82) is 0 Å². The summed E-state index contributed by atoms with van der Waals surface area (Å²) in [5.74, 6) is 0.880. The highest BCUT2D eigenvalue weighted by molar-refractivity contribution is 7.92. The first-order valence-corrected chi connectivity index (χ1v) is 9.23. The van der Waals surface area contributed by atoms with Gasteiger partial charge in [-0.25, -0.2) is 8.42 Å². The number of hydrogen-bond acceptors (Lipinski definition) is 4. The molecule has 1 N–H and O–H groups in total. The lowest BCUT2D eigenvalue weighted by molar-refractivity contribution is 0.408. The quantitative estimate of drug-likeness (QED) is 0.907. The van der Waals surface area contributed by atoms with Crippen LogP contribution in [0.4, 0.5) is 0 Å². The Bertz CT molecular complexity index is 608. The maximum atomic E-state index is 11.8. The summed E-state index contributed by atoms with van der Waals surface area (Å²) < 4.78 is 28.1. The molecule has 1 aromatic carbocycles. The molecule has 0 heterocycles. The zero-order valence-corrected chi connectivity index (χ0v) is 14.1.